The summed E-state index contributed by atoms with van der Waals surface area (Å²) in [6.07, 6.45) is 2.83. The van der Waals surface area contributed by atoms with E-state index in [9.17, 15) is 4.79 Å². The highest BCUT2D eigenvalue weighted by Crippen LogP contribution is 2.13. The number of ether oxygens (including phenoxy) is 1. The summed E-state index contributed by atoms with van der Waals surface area (Å²) in [6, 6.07) is 3.88. The molecule has 1 heterocycles. The van der Waals surface area contributed by atoms with E-state index in [0.717, 1.165) is 18.5 Å². The summed E-state index contributed by atoms with van der Waals surface area (Å²) < 4.78 is 5.66. The lowest BCUT2D eigenvalue weighted by Gasteiger charge is -2.23. The van der Waals surface area contributed by atoms with Crippen LogP contribution in [0.5, 0.6) is 5.75 Å². The Labute approximate surface area is 127 Å². The Balaban J connectivity index is 2.60. The molecule has 2 N–H and O–H groups in total. The number of carbonyl (C=O) groups excluding carboxylic acids is 1. The van der Waals surface area contributed by atoms with Crippen molar-refractivity contribution in [3.05, 3.63) is 24.0 Å². The molecule has 0 aromatic carbocycles. The van der Waals surface area contributed by atoms with Gasteiger partial charge in [-0.15, -0.1) is 0 Å². The quantitative estimate of drug-likeness (QED) is 0.796. The molecule has 5 heteroatoms. The Morgan fingerprint density at radius 1 is 1.33 bits per heavy atom. The lowest BCUT2D eigenvalue weighted by Crippen LogP contribution is -2.40. The van der Waals surface area contributed by atoms with E-state index in [1.165, 1.54) is 0 Å². The maximum absolute atomic E-state index is 12.1. The van der Waals surface area contributed by atoms with Crippen LogP contribution in [0.4, 0.5) is 0 Å². The summed E-state index contributed by atoms with van der Waals surface area (Å²) in [6.45, 7) is 9.12. The molecule has 0 aliphatic heterocycles. The van der Waals surface area contributed by atoms with Gasteiger partial charge in [-0.1, -0.05) is 6.92 Å². The molecule has 1 aromatic heterocycles. The molecule has 0 aliphatic carbocycles. The van der Waals surface area contributed by atoms with Crippen LogP contribution in [0.1, 0.15) is 39.8 Å². The first-order valence-corrected chi connectivity index (χ1v) is 7.67. The first-order chi connectivity index (χ1) is 10.0. The van der Waals surface area contributed by atoms with Crippen molar-refractivity contribution in [3.8, 4) is 5.75 Å². The fraction of sp³-hybridized carbons (Fsp3) is 0.625. The molecule has 118 valence electrons. The number of hydrogen-bond acceptors (Lipinski definition) is 4. The number of aromatic nitrogens is 1. The zero-order valence-corrected chi connectivity index (χ0v) is 13.5. The van der Waals surface area contributed by atoms with Gasteiger partial charge in [-0.2, -0.15) is 0 Å². The highest BCUT2D eigenvalue weighted by Gasteiger charge is 2.19. The summed E-state index contributed by atoms with van der Waals surface area (Å²) in [5, 5.41) is 0. The van der Waals surface area contributed by atoms with Crippen molar-refractivity contribution in [2.75, 3.05) is 13.1 Å². The van der Waals surface area contributed by atoms with E-state index >= 15 is 0 Å². The minimum atomic E-state index is -0.504. The van der Waals surface area contributed by atoms with Gasteiger partial charge in [-0.25, -0.2) is 0 Å². The van der Waals surface area contributed by atoms with E-state index in [-0.39, 0.29) is 11.9 Å². The normalized spacial score (nSPS) is 13.6. The van der Waals surface area contributed by atoms with Crippen LogP contribution in [0.25, 0.3) is 0 Å². The van der Waals surface area contributed by atoms with Crippen molar-refractivity contribution in [1.29, 1.82) is 0 Å². The monoisotopic (exact) mass is 293 g/mol. The fourth-order valence-corrected chi connectivity index (χ4v) is 2.06. The molecule has 2 atom stereocenters. The van der Waals surface area contributed by atoms with Crippen LogP contribution in [0.3, 0.4) is 0 Å². The van der Waals surface area contributed by atoms with Gasteiger partial charge in [0.15, 0.2) is 6.10 Å². The third-order valence-corrected chi connectivity index (χ3v) is 3.53. The molecular weight excluding hydrogens is 266 g/mol. The summed E-state index contributed by atoms with van der Waals surface area (Å²) in [4.78, 5) is 18.2. The molecule has 0 aliphatic rings. The zero-order valence-electron chi connectivity index (χ0n) is 13.5. The number of nitrogens with two attached hydrogens (primary N) is 1. The van der Waals surface area contributed by atoms with E-state index in [4.69, 9.17) is 10.5 Å². The lowest BCUT2D eigenvalue weighted by molar-refractivity contribution is -0.137. The first kappa shape index (κ1) is 17.4. The highest BCUT2D eigenvalue weighted by atomic mass is 16.5. The second-order valence-electron chi connectivity index (χ2n) is 5.13. The number of nitrogens with zero attached hydrogens (tertiary/aromatic N) is 2. The second kappa shape index (κ2) is 8.62. The van der Waals surface area contributed by atoms with Crippen molar-refractivity contribution >= 4 is 5.91 Å². The Bertz CT molecular complexity index is 430. The van der Waals surface area contributed by atoms with E-state index in [1.807, 2.05) is 26.0 Å². The molecule has 0 fully saturated rings. The smallest absolute Gasteiger partial charge is 0.263 e. The van der Waals surface area contributed by atoms with Crippen LogP contribution in [0.2, 0.25) is 0 Å². The summed E-state index contributed by atoms with van der Waals surface area (Å²) in [7, 11) is 0. The minimum Gasteiger partial charge on any atom is -0.479 e. The number of likely N-dealkylation sites (N-methyl/N-ethyl adjacent to an activating group) is 1. The van der Waals surface area contributed by atoms with Crippen LogP contribution < -0.4 is 10.5 Å². The number of hydrogen-bond donors (Lipinski definition) is 1. The predicted molar refractivity (Wildman–Crippen MR) is 84.2 cm³/mol. The number of pyridine rings is 1. The minimum absolute atomic E-state index is 0.00270. The van der Waals surface area contributed by atoms with Crippen LogP contribution in [0.15, 0.2) is 18.3 Å². The summed E-state index contributed by atoms with van der Waals surface area (Å²) >= 11 is 0. The summed E-state index contributed by atoms with van der Waals surface area (Å²) in [5.41, 5.74) is 6.85. The maximum Gasteiger partial charge on any atom is 0.263 e. The van der Waals surface area contributed by atoms with Gasteiger partial charge < -0.3 is 15.4 Å². The molecule has 0 radical (unpaired) electrons. The molecule has 0 saturated carbocycles. The van der Waals surface area contributed by atoms with E-state index in [0.29, 0.717) is 18.8 Å². The van der Waals surface area contributed by atoms with Crippen molar-refractivity contribution in [2.24, 2.45) is 5.73 Å². The molecule has 1 amide bonds. The van der Waals surface area contributed by atoms with Gasteiger partial charge in [0.2, 0.25) is 0 Å². The van der Waals surface area contributed by atoms with Crippen LogP contribution in [-0.4, -0.2) is 41.0 Å². The molecular formula is C16H27N3O2. The number of carbonyl (C=O) groups is 1. The van der Waals surface area contributed by atoms with Gasteiger partial charge in [0.25, 0.3) is 5.91 Å². The number of rotatable bonds is 8. The van der Waals surface area contributed by atoms with Gasteiger partial charge >= 0.3 is 0 Å². The Morgan fingerprint density at radius 3 is 2.48 bits per heavy atom. The van der Waals surface area contributed by atoms with Crippen LogP contribution >= 0.6 is 0 Å². The topological polar surface area (TPSA) is 68.5 Å². The third kappa shape index (κ3) is 5.34. The van der Waals surface area contributed by atoms with Gasteiger partial charge in [0.1, 0.15) is 5.75 Å². The Kier molecular flexibility index (Phi) is 7.15. The molecule has 1 rings (SSSR count). The third-order valence-electron chi connectivity index (χ3n) is 3.53. The summed E-state index contributed by atoms with van der Waals surface area (Å²) in [5.74, 6) is 0.605. The zero-order chi connectivity index (χ0) is 15.8. The molecule has 0 saturated heterocycles. The maximum atomic E-state index is 12.1. The van der Waals surface area contributed by atoms with Gasteiger partial charge in [-0.3, -0.25) is 9.78 Å². The molecule has 0 bridgehead atoms. The average molecular weight is 293 g/mol. The van der Waals surface area contributed by atoms with E-state index in [1.54, 1.807) is 18.0 Å². The molecule has 5 nitrogen and oxygen atoms in total. The largest absolute Gasteiger partial charge is 0.479 e. The van der Waals surface area contributed by atoms with E-state index in [2.05, 4.69) is 11.9 Å². The van der Waals surface area contributed by atoms with Gasteiger partial charge in [0, 0.05) is 31.2 Å². The Morgan fingerprint density at radius 2 is 2.00 bits per heavy atom. The lowest BCUT2D eigenvalue weighted by atomic mass is 10.1. The molecule has 1 aromatic rings. The van der Waals surface area contributed by atoms with Crippen molar-refractivity contribution in [2.45, 2.75) is 52.7 Å². The fourth-order valence-electron chi connectivity index (χ4n) is 2.06. The number of amides is 1. The van der Waals surface area contributed by atoms with Crippen molar-refractivity contribution in [1.82, 2.24) is 9.88 Å². The predicted octanol–water partition coefficient (Wildman–Crippen LogP) is 2.00. The molecule has 2 unspecified atom stereocenters. The second-order valence-corrected chi connectivity index (χ2v) is 5.13. The van der Waals surface area contributed by atoms with Gasteiger partial charge in [0.05, 0.1) is 6.20 Å². The van der Waals surface area contributed by atoms with Gasteiger partial charge in [-0.05, 0) is 39.3 Å². The van der Waals surface area contributed by atoms with Crippen molar-refractivity contribution < 1.29 is 9.53 Å². The SMILES string of the molecule is CCC(N)Cc1ccc(OC(C)C(=O)N(CC)CC)cn1. The highest BCUT2D eigenvalue weighted by molar-refractivity contribution is 5.80. The average Bonchev–Trinajstić information content (AvgIpc) is 2.50. The standard InChI is InChI=1S/C16H27N3O2/c1-5-13(17)10-14-8-9-15(11-18-14)21-12(4)16(20)19(6-2)7-3/h8-9,11-13H,5-7,10,17H2,1-4H3. The van der Waals surface area contributed by atoms with E-state index < -0.39 is 6.10 Å². The Hall–Kier alpha value is -1.62. The molecule has 21 heavy (non-hydrogen) atoms. The first-order valence-electron chi connectivity index (χ1n) is 7.67. The van der Waals surface area contributed by atoms with Crippen molar-refractivity contribution in [3.63, 3.8) is 0 Å². The van der Waals surface area contributed by atoms with Crippen LogP contribution in [0, 0.1) is 0 Å². The molecule has 0 spiro atoms. The van der Waals surface area contributed by atoms with Crippen LogP contribution in [-0.2, 0) is 11.2 Å².